The van der Waals surface area contributed by atoms with Crippen LogP contribution < -0.4 is 10.4 Å². The van der Waals surface area contributed by atoms with Crippen molar-refractivity contribution in [1.29, 1.82) is 0 Å². The molecule has 0 saturated carbocycles. The van der Waals surface area contributed by atoms with Crippen LogP contribution in [0.1, 0.15) is 245 Å². The van der Waals surface area contributed by atoms with Gasteiger partial charge in [0.25, 0.3) is 10.1 Å². The number of amides is 1. The van der Waals surface area contributed by atoms with Gasteiger partial charge in [-0.2, -0.15) is 8.42 Å². The molecule has 0 bridgehead atoms. The molecule has 0 atom stereocenters. The van der Waals surface area contributed by atoms with E-state index in [9.17, 15) is 31.3 Å². The second-order valence-electron chi connectivity index (χ2n) is 16.7. The summed E-state index contributed by atoms with van der Waals surface area (Å²) in [5.41, 5.74) is 0. The zero-order chi connectivity index (χ0) is 44.7. The Morgan fingerprint density at radius 2 is 0.820 bits per heavy atom. The average molecular weight is 929 g/mol. The van der Waals surface area contributed by atoms with Gasteiger partial charge in [-0.05, 0) is 76.5 Å². The van der Waals surface area contributed by atoms with Crippen molar-refractivity contribution in [2.45, 2.75) is 245 Å². The molecule has 0 aromatic rings. The minimum absolute atomic E-state index is 0. The van der Waals surface area contributed by atoms with Gasteiger partial charge >= 0.3 is 37.7 Å². The molecular formula is C48H92CaN2O8S2. The van der Waals surface area contributed by atoms with Gasteiger partial charge < -0.3 is 20.0 Å². The van der Waals surface area contributed by atoms with Gasteiger partial charge in [-0.25, -0.2) is 8.42 Å². The fourth-order valence-corrected chi connectivity index (χ4v) is 7.56. The monoisotopic (exact) mass is 929 g/mol. The molecule has 0 aliphatic heterocycles. The van der Waals surface area contributed by atoms with E-state index in [1.807, 2.05) is 0 Å². The predicted molar refractivity (Wildman–Crippen MR) is 258 cm³/mol. The van der Waals surface area contributed by atoms with Crippen molar-refractivity contribution in [1.82, 2.24) is 5.32 Å². The van der Waals surface area contributed by atoms with E-state index in [2.05, 4.69) is 48.5 Å². The van der Waals surface area contributed by atoms with Crippen LogP contribution in [0, 0.1) is 0 Å². The van der Waals surface area contributed by atoms with E-state index >= 15 is 0 Å². The van der Waals surface area contributed by atoms with Crippen molar-refractivity contribution < 1.29 is 35.8 Å². The van der Waals surface area contributed by atoms with Crippen molar-refractivity contribution in [2.24, 2.45) is 4.99 Å². The Morgan fingerprint density at radius 1 is 0.508 bits per heavy atom. The molecule has 0 aromatic carbocycles. The summed E-state index contributed by atoms with van der Waals surface area (Å²) in [5.74, 6) is -1.44. The Bertz CT molecular complexity index is 1240. The van der Waals surface area contributed by atoms with Crippen LogP contribution in [0.2, 0.25) is 0 Å². The molecule has 0 aromatic heterocycles. The number of rotatable bonds is 44. The number of allylic oxidation sites excluding steroid dienone is 4. The molecule has 0 unspecified atom stereocenters. The van der Waals surface area contributed by atoms with Gasteiger partial charge in [0.1, 0.15) is 0 Å². The van der Waals surface area contributed by atoms with Gasteiger partial charge in [-0.3, -0.25) is 9.35 Å². The molecule has 10 nitrogen and oxygen atoms in total. The Morgan fingerprint density at radius 3 is 1.15 bits per heavy atom. The summed E-state index contributed by atoms with van der Waals surface area (Å²) in [7, 11) is -8.27. The maximum Gasteiger partial charge on any atom is 2.00 e. The van der Waals surface area contributed by atoms with Crippen LogP contribution >= 0.6 is 0 Å². The smallest absolute Gasteiger partial charge is 0.862 e. The van der Waals surface area contributed by atoms with Crippen molar-refractivity contribution in [3.63, 3.8) is 0 Å². The summed E-state index contributed by atoms with van der Waals surface area (Å²) >= 11 is 0. The maximum atomic E-state index is 11.5. The Kier molecular flexibility index (Phi) is 53.6. The largest absolute Gasteiger partial charge is 2.00 e. The Labute approximate surface area is 406 Å². The van der Waals surface area contributed by atoms with Crippen LogP contribution in [0.25, 0.3) is 0 Å². The molecule has 1 amide bonds. The van der Waals surface area contributed by atoms with Crippen LogP contribution in [0.15, 0.2) is 29.3 Å². The summed E-state index contributed by atoms with van der Waals surface area (Å²) in [4.78, 5) is 15.1. The molecule has 0 fully saturated rings. The van der Waals surface area contributed by atoms with Crippen LogP contribution in [-0.2, 0) is 25.0 Å². The van der Waals surface area contributed by atoms with E-state index in [4.69, 9.17) is 4.55 Å². The number of aliphatic imine (C=N–C) groups is 1. The number of nitrogens with zero attached hydrogens (tertiary/aromatic N) is 1. The number of hydrogen-bond acceptors (Lipinski definition) is 8. The SMILES string of the molecule is CCCCCCCC/C=C/CCCCCCCCCCCC(=O)NCCS(=O)(=O)O.CCCCCCCC/C=C/CCCCCCCCCCCC([O-])=NCCS(=O)(=O)[O-].[Ca+2]. The third-order valence-electron chi connectivity index (χ3n) is 10.6. The van der Waals surface area contributed by atoms with Crippen molar-refractivity contribution in [2.75, 3.05) is 24.6 Å². The van der Waals surface area contributed by atoms with Gasteiger partial charge in [-0.15, -0.1) is 0 Å². The first-order valence-corrected chi connectivity index (χ1v) is 27.8. The summed E-state index contributed by atoms with van der Waals surface area (Å²) in [6.45, 7) is 4.29. The number of carbonyl (C=O) groups excluding carboxylic acids is 1. The topological polar surface area (TPSA) is 176 Å². The molecule has 356 valence electrons. The number of hydrogen-bond donors (Lipinski definition) is 2. The third kappa shape index (κ3) is 63.9. The van der Waals surface area contributed by atoms with Crippen LogP contribution in [0.3, 0.4) is 0 Å². The molecule has 2 N–H and O–H groups in total. The summed E-state index contributed by atoms with van der Waals surface area (Å²) in [6.07, 6.45) is 53.0. The van der Waals surface area contributed by atoms with Gasteiger partial charge in [0.2, 0.25) is 5.91 Å². The zero-order valence-electron chi connectivity index (χ0n) is 39.4. The molecular weight excluding hydrogens is 837 g/mol. The molecule has 0 spiro atoms. The van der Waals surface area contributed by atoms with Gasteiger partial charge in [0, 0.05) is 13.0 Å². The molecule has 0 heterocycles. The maximum absolute atomic E-state index is 11.5. The normalized spacial score (nSPS) is 12.2. The van der Waals surface area contributed by atoms with E-state index in [1.165, 1.54) is 180 Å². The predicted octanol–water partition coefficient (Wildman–Crippen LogP) is 12.1. The van der Waals surface area contributed by atoms with Gasteiger partial charge in [-0.1, -0.05) is 192 Å². The Balaban J connectivity index is -0.00000109. The first-order chi connectivity index (χ1) is 28.9. The van der Waals surface area contributed by atoms with E-state index < -0.39 is 31.7 Å². The minimum Gasteiger partial charge on any atom is -0.862 e. The van der Waals surface area contributed by atoms with Crippen molar-refractivity contribution in [3.8, 4) is 0 Å². The number of carbonyl (C=O) groups is 1. The van der Waals surface area contributed by atoms with Crippen LogP contribution in [-0.4, -0.2) is 100 Å². The van der Waals surface area contributed by atoms with E-state index in [-0.39, 0.29) is 62.6 Å². The molecule has 0 saturated heterocycles. The van der Waals surface area contributed by atoms with E-state index in [1.54, 1.807) is 0 Å². The quantitative estimate of drug-likeness (QED) is 0.0151. The standard InChI is InChI=1S/2C24H47NO4S.Ca/c2*1-2-3-4-5-6-7-8-9-10-11-12-13-14-15-16-17-18-19-20-21-24(26)25-22-23-30(27,28)29;/h2*9-10H,2-8,11-23H2,1H3,(H,25,26)(H,27,28,29);/q;;+2/p-2/b2*10-9+;. The number of unbranched alkanes of at least 4 members (excludes halogenated alkanes) is 30. The molecule has 61 heavy (non-hydrogen) atoms. The van der Waals surface area contributed by atoms with E-state index in [0.717, 1.165) is 38.5 Å². The fourth-order valence-electron chi connectivity index (χ4n) is 6.89. The summed E-state index contributed by atoms with van der Waals surface area (Å²) in [6, 6.07) is 0. The van der Waals surface area contributed by atoms with Gasteiger partial charge in [0.15, 0.2) is 0 Å². The minimum atomic E-state index is -4.27. The van der Waals surface area contributed by atoms with Crippen LogP contribution in [0.5, 0.6) is 0 Å². The second-order valence-corrected chi connectivity index (χ2v) is 19.8. The van der Waals surface area contributed by atoms with Crippen LogP contribution in [0.4, 0.5) is 0 Å². The first kappa shape index (κ1) is 64.8. The molecule has 0 radical (unpaired) electrons. The fraction of sp³-hybridized carbons (Fsp3) is 0.875. The summed E-state index contributed by atoms with van der Waals surface area (Å²) < 4.78 is 61.0. The average Bonchev–Trinajstić information content (AvgIpc) is 3.19. The van der Waals surface area contributed by atoms with Crippen molar-refractivity contribution in [3.05, 3.63) is 24.3 Å². The van der Waals surface area contributed by atoms with Gasteiger partial charge in [0.05, 0.1) is 28.2 Å². The number of nitrogens with one attached hydrogen (secondary N) is 1. The zero-order valence-corrected chi connectivity index (χ0v) is 43.2. The second kappa shape index (κ2) is 50.5. The Hall–Kier alpha value is -0.500. The molecule has 0 rings (SSSR count). The molecule has 0 aliphatic carbocycles. The van der Waals surface area contributed by atoms with Crippen molar-refractivity contribution >= 4 is 69.8 Å². The third-order valence-corrected chi connectivity index (χ3v) is 12.0. The first-order valence-electron chi connectivity index (χ1n) is 24.6. The summed E-state index contributed by atoms with van der Waals surface area (Å²) in [5, 5.41) is 14.0. The van der Waals surface area contributed by atoms with E-state index in [0.29, 0.717) is 12.8 Å². The molecule has 0 aliphatic rings. The molecule has 13 heteroatoms.